The lowest BCUT2D eigenvalue weighted by atomic mass is 10.3. The predicted molar refractivity (Wildman–Crippen MR) is 81.0 cm³/mol. The molecule has 3 rings (SSSR count). The Hall–Kier alpha value is -1.33. The molecule has 0 atom stereocenters. The van der Waals surface area contributed by atoms with Crippen LogP contribution in [0.15, 0.2) is 36.1 Å². The van der Waals surface area contributed by atoms with Crippen LogP contribution in [-0.4, -0.2) is 19.7 Å². The zero-order valence-electron chi connectivity index (χ0n) is 11.0. The second-order valence-corrected chi connectivity index (χ2v) is 6.12. The molecule has 0 spiro atoms. The molecule has 0 amide bonds. The number of nitrogens with zero attached hydrogens (tertiary/aromatic N) is 4. The maximum atomic E-state index is 5.78. The second-order valence-electron chi connectivity index (χ2n) is 4.79. The van der Waals surface area contributed by atoms with Gasteiger partial charge in [-0.25, -0.2) is 4.98 Å². The maximum Gasteiger partial charge on any atom is 0.191 e. The summed E-state index contributed by atoms with van der Waals surface area (Å²) in [5, 5.41) is 10.1. The number of allylic oxidation sites excluding steroid dienone is 1. The molecule has 0 aromatic carbocycles. The molecule has 4 nitrogen and oxygen atoms in total. The average Bonchev–Trinajstić information content (AvgIpc) is 3.22. The van der Waals surface area contributed by atoms with Crippen molar-refractivity contribution in [2.24, 2.45) is 0 Å². The molecule has 0 unspecified atom stereocenters. The summed E-state index contributed by atoms with van der Waals surface area (Å²) in [4.78, 5) is 4.09. The lowest BCUT2D eigenvalue weighted by Crippen LogP contribution is -2.02. The zero-order chi connectivity index (χ0) is 13.9. The van der Waals surface area contributed by atoms with Crippen LogP contribution in [-0.2, 0) is 12.3 Å². The van der Waals surface area contributed by atoms with Gasteiger partial charge in [-0.05, 0) is 24.5 Å². The largest absolute Gasteiger partial charge is 0.302 e. The summed E-state index contributed by atoms with van der Waals surface area (Å²) in [5.74, 6) is 2.50. The summed E-state index contributed by atoms with van der Waals surface area (Å²) >= 11 is 7.46. The number of halogens is 1. The summed E-state index contributed by atoms with van der Waals surface area (Å²) in [6.45, 7) is 4.58. The van der Waals surface area contributed by atoms with Crippen molar-refractivity contribution in [3.05, 3.63) is 47.5 Å². The minimum atomic E-state index is 0.518. The van der Waals surface area contributed by atoms with E-state index in [1.807, 2.05) is 18.2 Å². The number of pyridine rings is 1. The molecule has 0 bridgehead atoms. The molecule has 6 heteroatoms. The SMILES string of the molecule is C=CCn1c(SCc2ccc(Cl)nc2)nnc1C1CC1. The topological polar surface area (TPSA) is 43.6 Å². The van der Waals surface area contributed by atoms with Crippen LogP contribution in [0.3, 0.4) is 0 Å². The molecule has 1 aliphatic carbocycles. The van der Waals surface area contributed by atoms with Crippen LogP contribution in [0.25, 0.3) is 0 Å². The van der Waals surface area contributed by atoms with E-state index in [9.17, 15) is 0 Å². The zero-order valence-corrected chi connectivity index (χ0v) is 12.6. The van der Waals surface area contributed by atoms with Gasteiger partial charge in [-0.15, -0.1) is 16.8 Å². The van der Waals surface area contributed by atoms with E-state index in [-0.39, 0.29) is 0 Å². The first-order valence-electron chi connectivity index (χ1n) is 6.55. The minimum absolute atomic E-state index is 0.518. The highest BCUT2D eigenvalue weighted by Gasteiger charge is 2.30. The molecule has 104 valence electrons. The van der Waals surface area contributed by atoms with Crippen LogP contribution in [0, 0.1) is 0 Å². The van der Waals surface area contributed by atoms with Crippen molar-refractivity contribution in [3.63, 3.8) is 0 Å². The Kier molecular flexibility index (Phi) is 4.08. The Labute approximate surface area is 127 Å². The molecule has 0 N–H and O–H groups in total. The third-order valence-corrected chi connectivity index (χ3v) is 4.42. The highest BCUT2D eigenvalue weighted by Crippen LogP contribution is 2.40. The van der Waals surface area contributed by atoms with Crippen LogP contribution in [0.5, 0.6) is 0 Å². The van der Waals surface area contributed by atoms with E-state index in [4.69, 9.17) is 11.6 Å². The molecule has 20 heavy (non-hydrogen) atoms. The van der Waals surface area contributed by atoms with E-state index in [1.165, 1.54) is 12.8 Å². The van der Waals surface area contributed by atoms with Crippen molar-refractivity contribution in [1.82, 2.24) is 19.7 Å². The molecule has 2 heterocycles. The molecule has 1 aliphatic rings. The van der Waals surface area contributed by atoms with E-state index in [0.29, 0.717) is 11.1 Å². The van der Waals surface area contributed by atoms with Gasteiger partial charge in [-0.2, -0.15) is 0 Å². The molecular formula is C14H15ClN4S. The number of rotatable bonds is 6. The van der Waals surface area contributed by atoms with Gasteiger partial charge < -0.3 is 4.57 Å². The monoisotopic (exact) mass is 306 g/mol. The molecule has 1 saturated carbocycles. The number of aromatic nitrogens is 4. The summed E-state index contributed by atoms with van der Waals surface area (Å²) in [6.07, 6.45) is 6.14. The molecule has 0 radical (unpaired) electrons. The number of hydrogen-bond acceptors (Lipinski definition) is 4. The third kappa shape index (κ3) is 3.04. The quantitative estimate of drug-likeness (QED) is 0.464. The van der Waals surface area contributed by atoms with E-state index in [2.05, 4.69) is 26.3 Å². The first-order chi connectivity index (χ1) is 9.78. The van der Waals surface area contributed by atoms with E-state index < -0.39 is 0 Å². The highest BCUT2D eigenvalue weighted by atomic mass is 35.5. The Bertz CT molecular complexity index is 604. The molecule has 2 aromatic rings. The van der Waals surface area contributed by atoms with Gasteiger partial charge >= 0.3 is 0 Å². The van der Waals surface area contributed by atoms with E-state index >= 15 is 0 Å². The van der Waals surface area contributed by atoms with Gasteiger partial charge in [-0.3, -0.25) is 0 Å². The lowest BCUT2D eigenvalue weighted by Gasteiger charge is -2.06. The van der Waals surface area contributed by atoms with E-state index in [0.717, 1.165) is 28.8 Å². The lowest BCUT2D eigenvalue weighted by molar-refractivity contribution is 0.681. The van der Waals surface area contributed by atoms with Crippen molar-refractivity contribution < 1.29 is 0 Å². The maximum absolute atomic E-state index is 5.78. The molecule has 1 fully saturated rings. The number of thioether (sulfide) groups is 1. The van der Waals surface area contributed by atoms with Gasteiger partial charge in [0.25, 0.3) is 0 Å². The Morgan fingerprint density at radius 3 is 2.90 bits per heavy atom. The van der Waals surface area contributed by atoms with Crippen LogP contribution in [0.2, 0.25) is 5.15 Å². The van der Waals surface area contributed by atoms with Crippen LogP contribution in [0.1, 0.15) is 30.1 Å². The standard InChI is InChI=1S/C14H15ClN4S/c1-2-7-19-13(11-4-5-11)17-18-14(19)20-9-10-3-6-12(15)16-8-10/h2-3,6,8,11H,1,4-5,7,9H2. The smallest absolute Gasteiger partial charge is 0.191 e. The van der Waals surface area contributed by atoms with Gasteiger partial charge in [0.15, 0.2) is 5.16 Å². The summed E-state index contributed by atoms with van der Waals surface area (Å²) < 4.78 is 2.17. The van der Waals surface area contributed by atoms with Gasteiger partial charge in [0, 0.05) is 24.4 Å². The first kappa shape index (κ1) is 13.6. The first-order valence-corrected chi connectivity index (χ1v) is 7.91. The number of hydrogen-bond donors (Lipinski definition) is 0. The highest BCUT2D eigenvalue weighted by molar-refractivity contribution is 7.98. The second kappa shape index (κ2) is 5.97. The van der Waals surface area contributed by atoms with Crippen molar-refractivity contribution in [2.75, 3.05) is 0 Å². The summed E-state index contributed by atoms with van der Waals surface area (Å²) in [7, 11) is 0. The molecule has 2 aromatic heterocycles. The van der Waals surface area contributed by atoms with Crippen LogP contribution in [0.4, 0.5) is 0 Å². The van der Waals surface area contributed by atoms with Gasteiger partial charge in [0.2, 0.25) is 0 Å². The van der Waals surface area contributed by atoms with E-state index in [1.54, 1.807) is 18.0 Å². The molecule has 0 saturated heterocycles. The molecular weight excluding hydrogens is 292 g/mol. The van der Waals surface area contributed by atoms with Crippen molar-refractivity contribution in [2.45, 2.75) is 36.2 Å². The Morgan fingerprint density at radius 2 is 2.25 bits per heavy atom. The third-order valence-electron chi connectivity index (χ3n) is 3.16. The fraction of sp³-hybridized carbons (Fsp3) is 0.357. The van der Waals surface area contributed by atoms with Gasteiger partial charge in [0.05, 0.1) is 0 Å². The Balaban J connectivity index is 1.73. The molecule has 0 aliphatic heterocycles. The fourth-order valence-electron chi connectivity index (χ4n) is 1.99. The minimum Gasteiger partial charge on any atom is -0.302 e. The fourth-order valence-corrected chi connectivity index (χ4v) is 2.99. The van der Waals surface area contributed by atoms with Crippen molar-refractivity contribution >= 4 is 23.4 Å². The van der Waals surface area contributed by atoms with Gasteiger partial charge in [0.1, 0.15) is 11.0 Å². The Morgan fingerprint density at radius 1 is 1.40 bits per heavy atom. The van der Waals surface area contributed by atoms with Crippen molar-refractivity contribution in [1.29, 1.82) is 0 Å². The average molecular weight is 307 g/mol. The predicted octanol–water partition coefficient (Wildman–Crippen LogP) is 3.68. The van der Waals surface area contributed by atoms with Crippen LogP contribution >= 0.6 is 23.4 Å². The van der Waals surface area contributed by atoms with Crippen molar-refractivity contribution in [3.8, 4) is 0 Å². The van der Waals surface area contributed by atoms with Gasteiger partial charge in [-0.1, -0.05) is 35.5 Å². The normalized spacial score (nSPS) is 14.4. The van der Waals surface area contributed by atoms with Crippen LogP contribution < -0.4 is 0 Å². The summed E-state index contributed by atoms with van der Waals surface area (Å²) in [5.41, 5.74) is 1.13. The summed E-state index contributed by atoms with van der Waals surface area (Å²) in [6, 6.07) is 3.79.